The summed E-state index contributed by atoms with van der Waals surface area (Å²) < 4.78 is 13.5. The summed E-state index contributed by atoms with van der Waals surface area (Å²) in [6.07, 6.45) is 10.6. The van der Waals surface area contributed by atoms with E-state index in [1.807, 2.05) is 12.1 Å². The summed E-state index contributed by atoms with van der Waals surface area (Å²) in [6.45, 7) is 0.631. The Bertz CT molecular complexity index is 699. The third-order valence-corrected chi connectivity index (χ3v) is 8.14. The number of alkyl halides is 1. The number of amides is 1. The molecule has 0 aliphatic heterocycles. The zero-order chi connectivity index (χ0) is 17.9. The first-order chi connectivity index (χ1) is 12.4. The highest BCUT2D eigenvalue weighted by atomic mass is 79.9. The summed E-state index contributed by atoms with van der Waals surface area (Å²) in [5, 5.41) is 0. The summed E-state index contributed by atoms with van der Waals surface area (Å²) in [6, 6.07) is 7.03. The van der Waals surface area contributed by atoms with E-state index < -0.39 is 0 Å². The van der Waals surface area contributed by atoms with Crippen molar-refractivity contribution in [2.45, 2.75) is 74.7 Å². The second-order valence-electron chi connectivity index (χ2n) is 9.67. The molecule has 1 aromatic carbocycles. The molecule has 0 aromatic heterocycles. The molecule has 0 N–H and O–H groups in total. The highest BCUT2D eigenvalue weighted by Crippen LogP contribution is 2.65. The van der Waals surface area contributed by atoms with Crippen LogP contribution in [0.2, 0.25) is 0 Å². The van der Waals surface area contributed by atoms with E-state index in [0.717, 1.165) is 30.2 Å². The molecule has 2 atom stereocenters. The van der Waals surface area contributed by atoms with E-state index in [2.05, 4.69) is 20.8 Å². The van der Waals surface area contributed by atoms with Crippen LogP contribution >= 0.6 is 15.9 Å². The van der Waals surface area contributed by atoms with E-state index in [1.54, 1.807) is 0 Å². The van der Waals surface area contributed by atoms with Gasteiger partial charge in [0.2, 0.25) is 5.91 Å². The molecule has 0 saturated heterocycles. The number of hydrogen-bond acceptors (Lipinski definition) is 1. The molecule has 5 saturated carbocycles. The molecule has 0 heterocycles. The van der Waals surface area contributed by atoms with Crippen molar-refractivity contribution in [2.75, 3.05) is 0 Å². The standard InChI is InChI=1S/C22H27BrFNO/c23-22-10-16-7-17(11-22)9-21(8-16,14-22)12-20(26)25(19-5-6-19)13-15-1-3-18(24)4-2-15/h1-4,16-17,19H,5-14H2. The molecule has 0 radical (unpaired) electrons. The molecule has 2 unspecified atom stereocenters. The molecule has 26 heavy (non-hydrogen) atoms. The molecule has 5 aliphatic rings. The van der Waals surface area contributed by atoms with E-state index in [4.69, 9.17) is 0 Å². The number of nitrogens with zero attached hydrogens (tertiary/aromatic N) is 1. The van der Waals surface area contributed by atoms with E-state index >= 15 is 0 Å². The Morgan fingerprint density at radius 2 is 1.77 bits per heavy atom. The third kappa shape index (κ3) is 3.23. The normalized spacial score (nSPS) is 37.8. The molecule has 2 nitrogen and oxygen atoms in total. The molecule has 1 aromatic rings. The van der Waals surface area contributed by atoms with Crippen LogP contribution in [0.1, 0.15) is 63.4 Å². The summed E-state index contributed by atoms with van der Waals surface area (Å²) in [7, 11) is 0. The first-order valence-corrected chi connectivity index (χ1v) is 10.9. The molecule has 4 heteroatoms. The van der Waals surface area contributed by atoms with Crippen molar-refractivity contribution in [2.24, 2.45) is 17.3 Å². The first-order valence-electron chi connectivity index (χ1n) is 10.1. The predicted octanol–water partition coefficient (Wildman–Crippen LogP) is 5.44. The Labute approximate surface area is 163 Å². The van der Waals surface area contributed by atoms with E-state index in [0.29, 0.717) is 29.2 Å². The van der Waals surface area contributed by atoms with Gasteiger partial charge in [0.25, 0.3) is 0 Å². The Morgan fingerprint density at radius 1 is 1.12 bits per heavy atom. The fraction of sp³-hybridized carbons (Fsp3) is 0.682. The van der Waals surface area contributed by atoms with Crippen LogP contribution in [0.15, 0.2) is 24.3 Å². The van der Waals surface area contributed by atoms with E-state index in [1.165, 1.54) is 50.7 Å². The van der Waals surface area contributed by atoms with Crippen molar-refractivity contribution >= 4 is 21.8 Å². The van der Waals surface area contributed by atoms with Gasteiger partial charge >= 0.3 is 0 Å². The quantitative estimate of drug-likeness (QED) is 0.581. The van der Waals surface area contributed by atoms with Crippen LogP contribution in [0.4, 0.5) is 4.39 Å². The van der Waals surface area contributed by atoms with Gasteiger partial charge in [0.05, 0.1) is 0 Å². The summed E-state index contributed by atoms with van der Waals surface area (Å²) in [5.41, 5.74) is 1.26. The van der Waals surface area contributed by atoms with Gasteiger partial charge in [-0.2, -0.15) is 0 Å². The van der Waals surface area contributed by atoms with Crippen LogP contribution in [-0.4, -0.2) is 21.2 Å². The molecule has 1 amide bonds. The van der Waals surface area contributed by atoms with Crippen LogP contribution in [-0.2, 0) is 11.3 Å². The van der Waals surface area contributed by atoms with E-state index in [-0.39, 0.29) is 11.2 Å². The van der Waals surface area contributed by atoms with E-state index in [9.17, 15) is 9.18 Å². The zero-order valence-corrected chi connectivity index (χ0v) is 16.8. The first kappa shape index (κ1) is 17.2. The fourth-order valence-electron chi connectivity index (χ4n) is 6.56. The SMILES string of the molecule is O=C(CC12CC3CC(CC(Br)(C3)C1)C2)N(Cc1ccc(F)cc1)C1CC1. The smallest absolute Gasteiger partial charge is 0.223 e. The minimum absolute atomic E-state index is 0.214. The predicted molar refractivity (Wildman–Crippen MR) is 103 cm³/mol. The summed E-state index contributed by atoms with van der Waals surface area (Å²) in [4.78, 5) is 15.4. The van der Waals surface area contributed by atoms with Crippen molar-refractivity contribution in [3.05, 3.63) is 35.6 Å². The Morgan fingerprint density at radius 3 is 2.35 bits per heavy atom. The van der Waals surface area contributed by atoms with Crippen LogP contribution < -0.4 is 0 Å². The Hall–Kier alpha value is -0.900. The van der Waals surface area contributed by atoms with Gasteiger partial charge in [-0.3, -0.25) is 4.79 Å². The monoisotopic (exact) mass is 419 g/mol. The molecule has 4 bridgehead atoms. The zero-order valence-electron chi connectivity index (χ0n) is 15.2. The lowest BCUT2D eigenvalue weighted by Crippen LogP contribution is -2.54. The average Bonchev–Trinajstić information content (AvgIpc) is 3.36. The summed E-state index contributed by atoms with van der Waals surface area (Å²) >= 11 is 4.06. The Balaban J connectivity index is 1.32. The maximum absolute atomic E-state index is 13.3. The van der Waals surface area contributed by atoms with Gasteiger partial charge in [-0.1, -0.05) is 28.1 Å². The lowest BCUT2D eigenvalue weighted by Gasteiger charge is -2.60. The number of benzene rings is 1. The highest BCUT2D eigenvalue weighted by Gasteiger charge is 2.57. The van der Waals surface area contributed by atoms with Gasteiger partial charge in [-0.25, -0.2) is 4.39 Å². The molecular formula is C22H27BrFNO. The molecular weight excluding hydrogens is 393 g/mol. The van der Waals surface area contributed by atoms with Crippen molar-refractivity contribution in [3.63, 3.8) is 0 Å². The second kappa shape index (κ2) is 6.05. The molecule has 140 valence electrons. The number of halogens is 2. The Kier molecular flexibility index (Phi) is 4.01. The largest absolute Gasteiger partial charge is 0.335 e. The third-order valence-electron chi connectivity index (χ3n) is 7.21. The van der Waals surface area contributed by atoms with Gasteiger partial charge in [-0.15, -0.1) is 0 Å². The fourth-order valence-corrected chi connectivity index (χ4v) is 8.07. The van der Waals surface area contributed by atoms with Gasteiger partial charge in [0.15, 0.2) is 0 Å². The van der Waals surface area contributed by atoms with Crippen molar-refractivity contribution in [1.82, 2.24) is 4.90 Å². The van der Waals surface area contributed by atoms with Crippen LogP contribution in [0, 0.1) is 23.1 Å². The lowest BCUT2D eigenvalue weighted by atomic mass is 9.48. The summed E-state index contributed by atoms with van der Waals surface area (Å²) in [5.74, 6) is 1.74. The molecule has 5 aliphatic carbocycles. The van der Waals surface area contributed by atoms with Gasteiger partial charge < -0.3 is 4.90 Å². The van der Waals surface area contributed by atoms with Crippen LogP contribution in [0.5, 0.6) is 0 Å². The number of carbonyl (C=O) groups excluding carboxylic acids is 1. The molecule has 6 rings (SSSR count). The maximum atomic E-state index is 13.3. The number of carbonyl (C=O) groups is 1. The van der Waals surface area contributed by atoms with Gasteiger partial charge in [-0.05, 0) is 86.3 Å². The minimum Gasteiger partial charge on any atom is -0.335 e. The molecule has 5 fully saturated rings. The maximum Gasteiger partial charge on any atom is 0.223 e. The second-order valence-corrected chi connectivity index (χ2v) is 11.4. The van der Waals surface area contributed by atoms with Gasteiger partial charge in [0.1, 0.15) is 5.82 Å². The van der Waals surface area contributed by atoms with Gasteiger partial charge in [0, 0.05) is 23.3 Å². The topological polar surface area (TPSA) is 20.3 Å². The minimum atomic E-state index is -0.214. The number of hydrogen-bond donors (Lipinski definition) is 0. The van der Waals surface area contributed by atoms with Crippen molar-refractivity contribution in [1.29, 1.82) is 0 Å². The lowest BCUT2D eigenvalue weighted by molar-refractivity contribution is -0.139. The van der Waals surface area contributed by atoms with Crippen molar-refractivity contribution in [3.8, 4) is 0 Å². The van der Waals surface area contributed by atoms with Crippen LogP contribution in [0.3, 0.4) is 0 Å². The number of rotatable bonds is 5. The highest BCUT2D eigenvalue weighted by molar-refractivity contribution is 9.10. The van der Waals surface area contributed by atoms with Crippen LogP contribution in [0.25, 0.3) is 0 Å². The average molecular weight is 420 g/mol. The van der Waals surface area contributed by atoms with Crippen molar-refractivity contribution < 1.29 is 9.18 Å². The molecule has 0 spiro atoms.